The van der Waals surface area contributed by atoms with E-state index in [1.165, 1.54) is 10.8 Å². The molecule has 6 bridgehead atoms. The number of fused-ring (bicyclic) bond motifs is 4. The number of rotatable bonds is 4. The lowest BCUT2D eigenvalue weighted by Crippen LogP contribution is -2.95. The molecule has 286 valence electrons. The molecule has 0 aromatic rings. The SMILES string of the molecule is O=C1C2CCCC3O[C@@H]4O[C@H](CO)[C@@H](O)[C@](O)(CCC5CC[NH2+]C(C5)NCSSC[C@@]5(C(=O)C32)C(O)=CC(CC2CCCC(CO)C2)=C[C@@H]15)[C@H]4O. The average Bonchev–Trinajstić information content (AvgIpc) is 3.13. The summed E-state index contributed by atoms with van der Waals surface area (Å²) in [7, 11) is 3.05. The van der Waals surface area contributed by atoms with Crippen molar-refractivity contribution in [2.45, 2.75) is 120 Å². The third kappa shape index (κ3) is 7.26. The quantitative estimate of drug-likeness (QED) is 0.191. The molecule has 0 aromatic heterocycles. The van der Waals surface area contributed by atoms with Gasteiger partial charge in [-0.15, -0.1) is 0 Å². The van der Waals surface area contributed by atoms with Gasteiger partial charge in [0.1, 0.15) is 47.0 Å². The number of piperidine rings is 1. The highest BCUT2D eigenvalue weighted by Crippen LogP contribution is 2.56. The van der Waals surface area contributed by atoms with Crippen LogP contribution < -0.4 is 10.6 Å². The fourth-order valence-corrected chi connectivity index (χ4v) is 12.9. The van der Waals surface area contributed by atoms with Crippen LogP contribution in [0.15, 0.2) is 23.5 Å². The molecule has 7 rings (SSSR count). The van der Waals surface area contributed by atoms with Gasteiger partial charge in [0.25, 0.3) is 0 Å². The molecule has 51 heavy (non-hydrogen) atoms. The lowest BCUT2D eigenvalue weighted by Gasteiger charge is -2.53. The van der Waals surface area contributed by atoms with Crippen LogP contribution in [-0.2, 0) is 19.1 Å². The van der Waals surface area contributed by atoms with Crippen LogP contribution in [0, 0.1) is 40.9 Å². The molecule has 0 aromatic carbocycles. The number of carbonyl (C=O) groups excluding carboxylic acids is 2. The predicted molar refractivity (Wildman–Crippen MR) is 191 cm³/mol. The minimum Gasteiger partial charge on any atom is -0.511 e. The molecule has 3 heterocycles. The van der Waals surface area contributed by atoms with E-state index in [0.29, 0.717) is 43.9 Å². The Morgan fingerprint density at radius 2 is 1.75 bits per heavy atom. The van der Waals surface area contributed by atoms with Crippen LogP contribution >= 0.6 is 21.6 Å². The molecule has 14 heteroatoms. The van der Waals surface area contributed by atoms with Gasteiger partial charge in [0.05, 0.1) is 37.0 Å². The summed E-state index contributed by atoms with van der Waals surface area (Å²) in [5.74, 6) is -1.19. The van der Waals surface area contributed by atoms with Gasteiger partial charge >= 0.3 is 0 Å². The lowest BCUT2D eigenvalue weighted by molar-refractivity contribution is -0.704. The van der Waals surface area contributed by atoms with Gasteiger partial charge in [0.2, 0.25) is 0 Å². The van der Waals surface area contributed by atoms with E-state index >= 15 is 4.79 Å². The Balaban J connectivity index is 1.22. The second-order valence-corrected chi connectivity index (χ2v) is 18.9. The maximum absolute atomic E-state index is 15.1. The van der Waals surface area contributed by atoms with Crippen LogP contribution in [0.1, 0.15) is 77.0 Å². The topological polar surface area (TPSA) is 203 Å². The van der Waals surface area contributed by atoms with E-state index in [-0.39, 0.29) is 54.1 Å². The number of quaternary nitrogens is 1. The number of Topliss-reactive ketones (excluding diaryl/α,β-unsaturated/α-hetero) is 2. The molecular formula is C37H57N2O10S2+. The number of nitrogens with one attached hydrogen (secondary N) is 1. The Morgan fingerprint density at radius 1 is 0.941 bits per heavy atom. The fourth-order valence-electron chi connectivity index (χ4n) is 10.5. The Bertz CT molecular complexity index is 1350. The van der Waals surface area contributed by atoms with Crippen LogP contribution in [0.25, 0.3) is 0 Å². The van der Waals surface area contributed by atoms with E-state index in [2.05, 4.69) is 10.6 Å². The summed E-state index contributed by atoms with van der Waals surface area (Å²) in [4.78, 5) is 29.8. The predicted octanol–water partition coefficient (Wildman–Crippen LogP) is 1.30. The van der Waals surface area contributed by atoms with E-state index in [0.717, 1.165) is 50.6 Å². The molecular weight excluding hydrogens is 697 g/mol. The summed E-state index contributed by atoms with van der Waals surface area (Å²) in [5.41, 5.74) is -2.64. The molecule has 14 atom stereocenters. The van der Waals surface area contributed by atoms with E-state index in [4.69, 9.17) is 9.47 Å². The van der Waals surface area contributed by atoms with Crippen molar-refractivity contribution in [3.05, 3.63) is 23.5 Å². The monoisotopic (exact) mass is 753 g/mol. The third-order valence-corrected chi connectivity index (χ3v) is 15.6. The molecule has 3 saturated carbocycles. The first kappa shape index (κ1) is 38.2. The van der Waals surface area contributed by atoms with Crippen LogP contribution in [0.2, 0.25) is 0 Å². The fraction of sp³-hybridized carbons (Fsp3) is 0.838. The number of carbonyl (C=O) groups is 2. The van der Waals surface area contributed by atoms with Gasteiger partial charge in [-0.1, -0.05) is 46.9 Å². The normalized spacial score (nSPS) is 46.9. The highest BCUT2D eigenvalue weighted by Gasteiger charge is 2.64. The maximum atomic E-state index is 15.1. The van der Waals surface area contributed by atoms with Gasteiger partial charge in [-0.25, -0.2) is 0 Å². The van der Waals surface area contributed by atoms with Gasteiger partial charge in [-0.3, -0.25) is 14.9 Å². The number of aliphatic hydroxyl groups is 6. The molecule has 3 aliphatic heterocycles. The average molecular weight is 754 g/mol. The van der Waals surface area contributed by atoms with Crippen LogP contribution in [0.4, 0.5) is 0 Å². The first-order valence-corrected chi connectivity index (χ1v) is 21.7. The summed E-state index contributed by atoms with van der Waals surface area (Å²) in [5, 5.41) is 72.5. The Labute approximate surface area is 308 Å². The largest absolute Gasteiger partial charge is 0.511 e. The van der Waals surface area contributed by atoms with Gasteiger partial charge < -0.3 is 45.4 Å². The van der Waals surface area contributed by atoms with E-state index < -0.39 is 66.1 Å². The second kappa shape index (κ2) is 16.0. The smallest absolute Gasteiger partial charge is 0.187 e. The highest BCUT2D eigenvalue weighted by atomic mass is 33.1. The number of ether oxygens (including phenoxy) is 2. The zero-order valence-corrected chi connectivity index (χ0v) is 30.9. The minimum atomic E-state index is -2.02. The number of aliphatic hydroxyl groups excluding tert-OH is 5. The number of hydrogen-bond acceptors (Lipinski definition) is 13. The van der Waals surface area contributed by atoms with Crippen molar-refractivity contribution in [1.82, 2.24) is 5.32 Å². The van der Waals surface area contributed by atoms with Gasteiger partial charge in [-0.2, -0.15) is 0 Å². The summed E-state index contributed by atoms with van der Waals surface area (Å²) in [6, 6.07) is 0. The molecule has 0 radical (unpaired) electrons. The van der Waals surface area contributed by atoms with Gasteiger partial charge in [0, 0.05) is 24.7 Å². The summed E-state index contributed by atoms with van der Waals surface area (Å²) >= 11 is 0. The van der Waals surface area contributed by atoms with E-state index in [9.17, 15) is 35.4 Å². The van der Waals surface area contributed by atoms with Crippen LogP contribution in [-0.4, -0.2) is 116 Å². The first-order chi connectivity index (χ1) is 24.6. The molecule has 12 nitrogen and oxygen atoms in total. The van der Waals surface area contributed by atoms with Crippen molar-refractivity contribution >= 4 is 33.2 Å². The Hall–Kier alpha value is -1.04. The molecule has 1 spiro atoms. The molecule has 0 amide bonds. The molecule has 6 fully saturated rings. The van der Waals surface area contributed by atoms with Crippen molar-refractivity contribution in [2.75, 3.05) is 31.4 Å². The molecule has 7 aliphatic rings. The summed E-state index contributed by atoms with van der Waals surface area (Å²) in [6.07, 6.45) is 5.55. The van der Waals surface area contributed by atoms with Crippen molar-refractivity contribution in [3.63, 3.8) is 0 Å². The second-order valence-electron chi connectivity index (χ2n) is 16.4. The third-order valence-electron chi connectivity index (χ3n) is 13.4. The number of ketones is 2. The lowest BCUT2D eigenvalue weighted by atomic mass is 9.52. The standard InChI is InChI=1S/C37H56N2O10S2/c40-16-22-4-1-3-21(11-22)12-23-13-25-31(43)24-5-2-6-26-30(24)33(45)36(25,28(42)14-23)18-50-51-19-39-29-15-20(8-10-38-29)7-9-37(47)32(44)27(17-41)49-35(48-26)34(37)46/h13-14,20-22,24-27,29-30,32,34-35,38-42,44,46-47H,1-12,15-19H2/p+1/t20?,21?,22?,24?,25-,26?,27+,29?,30?,32+,34-,35+,36-,37+/m0/s1. The molecule has 7 unspecified atom stereocenters. The minimum absolute atomic E-state index is 0.0742. The Kier molecular flexibility index (Phi) is 12.0. The van der Waals surface area contributed by atoms with Crippen LogP contribution in [0.3, 0.4) is 0 Å². The van der Waals surface area contributed by atoms with Crippen molar-refractivity contribution < 1.29 is 55.0 Å². The maximum Gasteiger partial charge on any atom is 0.187 e. The van der Waals surface area contributed by atoms with Crippen molar-refractivity contribution in [1.29, 1.82) is 0 Å². The van der Waals surface area contributed by atoms with Crippen LogP contribution in [0.5, 0.6) is 0 Å². The van der Waals surface area contributed by atoms with E-state index in [1.54, 1.807) is 16.9 Å². The molecule has 9 N–H and O–H groups in total. The first-order valence-electron chi connectivity index (χ1n) is 19.2. The zero-order chi connectivity index (χ0) is 35.9. The number of nitrogens with two attached hydrogens (primary N) is 1. The van der Waals surface area contributed by atoms with Gasteiger partial charge in [0.15, 0.2) is 12.1 Å². The molecule has 4 aliphatic carbocycles. The summed E-state index contributed by atoms with van der Waals surface area (Å²) < 4.78 is 12.3. The highest BCUT2D eigenvalue weighted by molar-refractivity contribution is 8.76. The molecule has 3 saturated heterocycles. The van der Waals surface area contributed by atoms with Crippen molar-refractivity contribution in [3.8, 4) is 0 Å². The Morgan fingerprint density at radius 3 is 2.55 bits per heavy atom. The van der Waals surface area contributed by atoms with Crippen molar-refractivity contribution in [2.24, 2.45) is 40.9 Å². The van der Waals surface area contributed by atoms with Gasteiger partial charge in [-0.05, 0) is 80.8 Å². The number of allylic oxidation sites excluding steroid dienone is 4. The zero-order valence-electron chi connectivity index (χ0n) is 29.3. The number of hydrogen-bond donors (Lipinski definition) is 8. The summed E-state index contributed by atoms with van der Waals surface area (Å²) in [6.45, 7) is 0.440. The van der Waals surface area contributed by atoms with E-state index in [1.807, 2.05) is 6.08 Å².